The van der Waals surface area contributed by atoms with Crippen molar-refractivity contribution in [3.63, 3.8) is 0 Å². The fourth-order valence-electron chi connectivity index (χ4n) is 3.41. The Morgan fingerprint density at radius 1 is 1.28 bits per heavy atom. The topological polar surface area (TPSA) is 79.5 Å². The van der Waals surface area contributed by atoms with Crippen molar-refractivity contribution < 1.29 is 14.0 Å². The average molecular weight is 410 g/mol. The van der Waals surface area contributed by atoms with Crippen molar-refractivity contribution in [2.24, 2.45) is 0 Å². The standard InChI is InChI=1S/C21H22N4O3S/c1-24(2)21(27)18-11-16-10-14(5-6-17(16)28-18)15-4-3-9-25(12-15)20(26)8-7-19-23-22-13-29-19/h4-6,10-11,13H,3,7-9,12H2,1-2H3. The summed E-state index contributed by atoms with van der Waals surface area (Å²) >= 11 is 1.48. The highest BCUT2D eigenvalue weighted by atomic mass is 32.1. The molecule has 2 amide bonds. The highest BCUT2D eigenvalue weighted by Gasteiger charge is 2.20. The lowest BCUT2D eigenvalue weighted by atomic mass is 9.99. The van der Waals surface area contributed by atoms with E-state index < -0.39 is 0 Å². The Bertz CT molecular complexity index is 1070. The van der Waals surface area contributed by atoms with E-state index in [-0.39, 0.29) is 11.8 Å². The molecule has 0 saturated heterocycles. The van der Waals surface area contributed by atoms with E-state index >= 15 is 0 Å². The Kier molecular flexibility index (Phi) is 5.44. The smallest absolute Gasteiger partial charge is 0.289 e. The van der Waals surface area contributed by atoms with Gasteiger partial charge in [-0.15, -0.1) is 21.5 Å². The van der Waals surface area contributed by atoms with E-state index in [4.69, 9.17) is 4.42 Å². The molecule has 1 aliphatic heterocycles. The van der Waals surface area contributed by atoms with Gasteiger partial charge in [-0.05, 0) is 35.8 Å². The van der Waals surface area contributed by atoms with E-state index in [1.165, 1.54) is 16.2 Å². The minimum atomic E-state index is -0.160. The molecule has 0 radical (unpaired) electrons. The maximum Gasteiger partial charge on any atom is 0.289 e. The van der Waals surface area contributed by atoms with Crippen LogP contribution in [-0.4, -0.2) is 59.0 Å². The predicted molar refractivity (Wildman–Crippen MR) is 112 cm³/mol. The van der Waals surface area contributed by atoms with E-state index in [0.29, 0.717) is 30.7 Å². The Morgan fingerprint density at radius 2 is 2.14 bits per heavy atom. The van der Waals surface area contributed by atoms with Crippen LogP contribution in [-0.2, 0) is 11.2 Å². The van der Waals surface area contributed by atoms with Crippen molar-refractivity contribution in [3.05, 3.63) is 52.2 Å². The van der Waals surface area contributed by atoms with Crippen LogP contribution in [0.25, 0.3) is 16.5 Å². The third-order valence-electron chi connectivity index (χ3n) is 4.97. The summed E-state index contributed by atoms with van der Waals surface area (Å²) in [5.74, 6) is 0.300. The molecule has 4 rings (SSSR count). The number of nitrogens with zero attached hydrogens (tertiary/aromatic N) is 4. The molecule has 3 heterocycles. The Morgan fingerprint density at radius 3 is 2.90 bits per heavy atom. The second kappa shape index (κ2) is 8.16. The Hall–Kier alpha value is -3.00. The van der Waals surface area contributed by atoms with Crippen LogP contribution in [0.2, 0.25) is 0 Å². The summed E-state index contributed by atoms with van der Waals surface area (Å²) < 4.78 is 5.67. The molecule has 0 bridgehead atoms. The van der Waals surface area contributed by atoms with Gasteiger partial charge in [-0.1, -0.05) is 12.1 Å². The Labute approximate surface area is 172 Å². The molecule has 0 saturated carbocycles. The number of carbonyl (C=O) groups excluding carboxylic acids is 2. The zero-order chi connectivity index (χ0) is 20.4. The first-order chi connectivity index (χ1) is 14.0. The minimum absolute atomic E-state index is 0.133. The van der Waals surface area contributed by atoms with Gasteiger partial charge in [0, 0.05) is 45.4 Å². The molecule has 1 aliphatic rings. The molecule has 0 N–H and O–H groups in total. The van der Waals surface area contributed by atoms with Gasteiger partial charge in [0.1, 0.15) is 16.1 Å². The zero-order valence-corrected chi connectivity index (χ0v) is 17.2. The van der Waals surface area contributed by atoms with Gasteiger partial charge in [0.25, 0.3) is 5.91 Å². The first-order valence-electron chi connectivity index (χ1n) is 9.49. The van der Waals surface area contributed by atoms with Crippen LogP contribution in [0.4, 0.5) is 0 Å². The van der Waals surface area contributed by atoms with E-state index in [2.05, 4.69) is 16.3 Å². The van der Waals surface area contributed by atoms with Crippen LogP contribution in [0.5, 0.6) is 0 Å². The number of furan rings is 1. The molecule has 1 aromatic carbocycles. The largest absolute Gasteiger partial charge is 0.451 e. The lowest BCUT2D eigenvalue weighted by molar-refractivity contribution is -0.130. The van der Waals surface area contributed by atoms with Gasteiger partial charge in [0.2, 0.25) is 5.91 Å². The number of aryl methyl sites for hydroxylation is 1. The molecular formula is C21H22N4O3S. The number of aromatic nitrogens is 2. The molecule has 29 heavy (non-hydrogen) atoms. The zero-order valence-electron chi connectivity index (χ0n) is 16.4. The fraction of sp³-hybridized carbons (Fsp3) is 0.333. The summed E-state index contributed by atoms with van der Waals surface area (Å²) in [4.78, 5) is 28.2. The summed E-state index contributed by atoms with van der Waals surface area (Å²) in [5, 5.41) is 9.59. The number of benzene rings is 1. The molecule has 0 fully saturated rings. The van der Waals surface area contributed by atoms with Crippen molar-refractivity contribution >= 4 is 39.7 Å². The summed E-state index contributed by atoms with van der Waals surface area (Å²) in [7, 11) is 3.40. The van der Waals surface area contributed by atoms with Gasteiger partial charge < -0.3 is 14.2 Å². The molecule has 0 unspecified atom stereocenters. The fourth-order valence-corrected chi connectivity index (χ4v) is 3.94. The molecule has 7 nitrogen and oxygen atoms in total. The molecular weight excluding hydrogens is 388 g/mol. The molecule has 150 valence electrons. The predicted octanol–water partition coefficient (Wildman–Crippen LogP) is 3.23. The summed E-state index contributed by atoms with van der Waals surface area (Å²) in [5.41, 5.74) is 4.53. The first-order valence-corrected chi connectivity index (χ1v) is 10.4. The van der Waals surface area contributed by atoms with Crippen LogP contribution in [0, 0.1) is 0 Å². The van der Waals surface area contributed by atoms with E-state index in [1.54, 1.807) is 25.7 Å². The number of hydrogen-bond donors (Lipinski definition) is 0. The number of carbonyl (C=O) groups is 2. The van der Waals surface area contributed by atoms with Crippen LogP contribution >= 0.6 is 11.3 Å². The van der Waals surface area contributed by atoms with Gasteiger partial charge in [0.05, 0.1) is 0 Å². The van der Waals surface area contributed by atoms with Gasteiger partial charge in [-0.3, -0.25) is 9.59 Å². The van der Waals surface area contributed by atoms with Gasteiger partial charge in [0.15, 0.2) is 5.76 Å². The minimum Gasteiger partial charge on any atom is -0.451 e. The van der Waals surface area contributed by atoms with Crippen molar-refractivity contribution in [1.29, 1.82) is 0 Å². The maximum absolute atomic E-state index is 12.6. The van der Waals surface area contributed by atoms with Crippen molar-refractivity contribution in [1.82, 2.24) is 20.0 Å². The van der Waals surface area contributed by atoms with Crippen molar-refractivity contribution in [2.75, 3.05) is 27.2 Å². The van der Waals surface area contributed by atoms with Crippen LogP contribution in [0.3, 0.4) is 0 Å². The summed E-state index contributed by atoms with van der Waals surface area (Å²) in [6.07, 6.45) is 4.08. The molecule has 0 atom stereocenters. The van der Waals surface area contributed by atoms with Crippen molar-refractivity contribution in [3.8, 4) is 0 Å². The number of rotatable bonds is 5. The normalized spacial score (nSPS) is 14.1. The van der Waals surface area contributed by atoms with Crippen LogP contribution in [0.1, 0.15) is 34.0 Å². The lowest BCUT2D eigenvalue weighted by Crippen LogP contribution is -2.35. The number of hydrogen-bond acceptors (Lipinski definition) is 6. The van der Waals surface area contributed by atoms with Crippen molar-refractivity contribution in [2.45, 2.75) is 19.3 Å². The van der Waals surface area contributed by atoms with E-state index in [0.717, 1.165) is 34.5 Å². The molecule has 0 spiro atoms. The first kappa shape index (κ1) is 19.3. The van der Waals surface area contributed by atoms with E-state index in [1.807, 2.05) is 23.1 Å². The molecule has 8 heteroatoms. The lowest BCUT2D eigenvalue weighted by Gasteiger charge is -2.27. The molecule has 0 aliphatic carbocycles. The SMILES string of the molecule is CN(C)C(=O)c1cc2cc(C3=CCCN(C(=O)CCc4nncs4)C3)ccc2o1. The summed E-state index contributed by atoms with van der Waals surface area (Å²) in [6.45, 7) is 1.32. The second-order valence-corrected chi connectivity index (χ2v) is 8.15. The third kappa shape index (κ3) is 4.22. The highest BCUT2D eigenvalue weighted by molar-refractivity contribution is 7.09. The molecule has 3 aromatic rings. The summed E-state index contributed by atoms with van der Waals surface area (Å²) in [6, 6.07) is 7.66. The second-order valence-electron chi connectivity index (χ2n) is 7.23. The maximum atomic E-state index is 12.6. The highest BCUT2D eigenvalue weighted by Crippen LogP contribution is 2.27. The van der Waals surface area contributed by atoms with Crippen LogP contribution in [0.15, 0.2) is 40.3 Å². The quantitative estimate of drug-likeness (QED) is 0.645. The van der Waals surface area contributed by atoms with Crippen LogP contribution < -0.4 is 0 Å². The van der Waals surface area contributed by atoms with Gasteiger partial charge in [-0.25, -0.2) is 0 Å². The molecule has 2 aromatic heterocycles. The average Bonchev–Trinajstić information content (AvgIpc) is 3.40. The van der Waals surface area contributed by atoms with Gasteiger partial charge >= 0.3 is 0 Å². The third-order valence-corrected chi connectivity index (χ3v) is 5.72. The monoisotopic (exact) mass is 410 g/mol. The number of fused-ring (bicyclic) bond motifs is 1. The number of amides is 2. The Balaban J connectivity index is 1.47. The van der Waals surface area contributed by atoms with E-state index in [9.17, 15) is 9.59 Å². The van der Waals surface area contributed by atoms with Gasteiger partial charge in [-0.2, -0.15) is 0 Å².